The lowest BCUT2D eigenvalue weighted by Crippen LogP contribution is -2.43. The molecule has 1 aliphatic rings. The summed E-state index contributed by atoms with van der Waals surface area (Å²) in [5.74, 6) is -1.08. The van der Waals surface area contributed by atoms with Crippen molar-refractivity contribution in [3.63, 3.8) is 0 Å². The Bertz CT molecular complexity index is 562. The predicted octanol–water partition coefficient (Wildman–Crippen LogP) is 3.69. The molecule has 1 saturated heterocycles. The minimum absolute atomic E-state index is 0.0533. The van der Waals surface area contributed by atoms with E-state index < -0.39 is 5.97 Å². The van der Waals surface area contributed by atoms with Gasteiger partial charge in [0.1, 0.15) is 0 Å². The van der Waals surface area contributed by atoms with Gasteiger partial charge < -0.3 is 15.3 Å². The van der Waals surface area contributed by atoms with E-state index in [1.807, 2.05) is 0 Å². The van der Waals surface area contributed by atoms with Crippen molar-refractivity contribution in [2.24, 2.45) is 5.41 Å². The zero-order valence-electron chi connectivity index (χ0n) is 12.1. The van der Waals surface area contributed by atoms with Crippen molar-refractivity contribution in [1.29, 1.82) is 0 Å². The monoisotopic (exact) mass is 310 g/mol. The third-order valence-electron chi connectivity index (χ3n) is 3.80. The molecule has 5 nitrogen and oxygen atoms in total. The number of halogens is 1. The highest BCUT2D eigenvalue weighted by Gasteiger charge is 2.27. The van der Waals surface area contributed by atoms with Gasteiger partial charge in [-0.05, 0) is 36.5 Å². The van der Waals surface area contributed by atoms with Crippen molar-refractivity contribution in [2.75, 3.05) is 18.4 Å². The molecular formula is C15H19ClN2O3. The predicted molar refractivity (Wildman–Crippen MR) is 82.0 cm³/mol. The zero-order valence-corrected chi connectivity index (χ0v) is 12.9. The van der Waals surface area contributed by atoms with Gasteiger partial charge in [-0.2, -0.15) is 0 Å². The van der Waals surface area contributed by atoms with E-state index in [0.29, 0.717) is 18.8 Å². The topological polar surface area (TPSA) is 69.6 Å². The van der Waals surface area contributed by atoms with Gasteiger partial charge in [0.15, 0.2) is 0 Å². The number of rotatable bonds is 2. The molecule has 1 fully saturated rings. The molecule has 2 amide bonds. The zero-order chi connectivity index (χ0) is 15.6. The summed E-state index contributed by atoms with van der Waals surface area (Å²) in [6, 6.07) is 4.08. The number of carboxylic acids is 1. The summed E-state index contributed by atoms with van der Waals surface area (Å²) in [5.41, 5.74) is 0.718. The molecule has 0 radical (unpaired) electrons. The number of urea groups is 1. The van der Waals surface area contributed by atoms with Gasteiger partial charge in [-0.25, -0.2) is 9.59 Å². The average molecular weight is 311 g/mol. The lowest BCUT2D eigenvalue weighted by Gasteiger charge is -2.36. The molecule has 6 heteroatoms. The Kier molecular flexibility index (Phi) is 4.42. The summed E-state index contributed by atoms with van der Waals surface area (Å²) >= 11 is 5.87. The second kappa shape index (κ2) is 5.93. The van der Waals surface area contributed by atoms with E-state index in [9.17, 15) is 9.59 Å². The molecule has 2 rings (SSSR count). The van der Waals surface area contributed by atoms with Crippen molar-refractivity contribution in [3.8, 4) is 0 Å². The van der Waals surface area contributed by atoms with Crippen LogP contribution in [0.25, 0.3) is 0 Å². The minimum Gasteiger partial charge on any atom is -0.478 e. The highest BCUT2D eigenvalue weighted by atomic mass is 35.5. The van der Waals surface area contributed by atoms with Gasteiger partial charge in [0, 0.05) is 23.8 Å². The molecule has 1 heterocycles. The molecule has 1 aromatic rings. The Labute approximate surface area is 128 Å². The van der Waals surface area contributed by atoms with Gasteiger partial charge in [0.2, 0.25) is 0 Å². The molecule has 0 aliphatic carbocycles. The number of aromatic carboxylic acids is 1. The normalized spacial score (nSPS) is 17.4. The maximum atomic E-state index is 12.2. The van der Waals surface area contributed by atoms with Crippen molar-refractivity contribution >= 4 is 29.3 Å². The number of nitrogens with one attached hydrogen (secondary N) is 1. The first-order chi connectivity index (χ1) is 9.77. The van der Waals surface area contributed by atoms with E-state index >= 15 is 0 Å². The number of nitrogens with zero attached hydrogens (tertiary/aromatic N) is 1. The number of carbonyl (C=O) groups excluding carboxylic acids is 1. The molecule has 1 aromatic carbocycles. The number of piperidine rings is 1. The highest BCUT2D eigenvalue weighted by molar-refractivity contribution is 6.31. The van der Waals surface area contributed by atoms with Gasteiger partial charge >= 0.3 is 12.0 Å². The van der Waals surface area contributed by atoms with Crippen LogP contribution in [0, 0.1) is 5.41 Å². The number of hydrogen-bond acceptors (Lipinski definition) is 2. The van der Waals surface area contributed by atoms with Gasteiger partial charge in [-0.15, -0.1) is 0 Å². The third-order valence-corrected chi connectivity index (χ3v) is 4.02. The second-order valence-corrected chi connectivity index (χ2v) is 6.55. The number of anilines is 1. The van der Waals surface area contributed by atoms with E-state index in [1.165, 1.54) is 12.1 Å². The summed E-state index contributed by atoms with van der Waals surface area (Å²) in [6.07, 6.45) is 1.91. The standard InChI is InChI=1S/C15H19ClN2O3/c1-15(2)3-5-18(6-4-15)14(21)17-12-8-10(13(19)20)7-11(16)9-12/h7-9H,3-6H2,1-2H3,(H,17,21)(H,19,20). The summed E-state index contributed by atoms with van der Waals surface area (Å²) in [4.78, 5) is 24.9. The fraction of sp³-hybridized carbons (Fsp3) is 0.467. The number of likely N-dealkylation sites (tertiary alicyclic amines) is 1. The fourth-order valence-corrected chi connectivity index (χ4v) is 2.54. The molecule has 0 spiro atoms. The van der Waals surface area contributed by atoms with Crippen LogP contribution in [0.3, 0.4) is 0 Å². The summed E-state index contributed by atoms with van der Waals surface area (Å²) in [6.45, 7) is 5.78. The number of amides is 2. The Morgan fingerprint density at radius 1 is 1.24 bits per heavy atom. The highest BCUT2D eigenvalue weighted by Crippen LogP contribution is 2.30. The van der Waals surface area contributed by atoms with Crippen LogP contribution in [-0.2, 0) is 0 Å². The first-order valence-electron chi connectivity index (χ1n) is 6.87. The number of carboxylic acid groups (broad SMARTS) is 1. The van der Waals surface area contributed by atoms with Crippen LogP contribution in [0.2, 0.25) is 5.02 Å². The largest absolute Gasteiger partial charge is 0.478 e. The first kappa shape index (κ1) is 15.6. The molecule has 0 aromatic heterocycles. The third kappa shape index (κ3) is 4.11. The minimum atomic E-state index is -1.08. The molecule has 0 unspecified atom stereocenters. The molecular weight excluding hydrogens is 292 g/mol. The lowest BCUT2D eigenvalue weighted by molar-refractivity contribution is 0.0697. The Hall–Kier alpha value is -1.75. The Balaban J connectivity index is 2.05. The summed E-state index contributed by atoms with van der Waals surface area (Å²) < 4.78 is 0. The van der Waals surface area contributed by atoms with Gasteiger partial charge in [0.05, 0.1) is 5.56 Å². The van der Waals surface area contributed by atoms with Crippen LogP contribution in [0.5, 0.6) is 0 Å². The van der Waals surface area contributed by atoms with E-state index in [4.69, 9.17) is 16.7 Å². The van der Waals surface area contributed by atoms with Crippen molar-refractivity contribution in [2.45, 2.75) is 26.7 Å². The molecule has 114 valence electrons. The Morgan fingerprint density at radius 3 is 2.43 bits per heavy atom. The van der Waals surface area contributed by atoms with Crippen LogP contribution in [0.15, 0.2) is 18.2 Å². The van der Waals surface area contributed by atoms with E-state index in [2.05, 4.69) is 19.2 Å². The molecule has 0 saturated carbocycles. The van der Waals surface area contributed by atoms with Gasteiger partial charge in [-0.1, -0.05) is 25.4 Å². The SMILES string of the molecule is CC1(C)CCN(C(=O)Nc2cc(Cl)cc(C(=O)O)c2)CC1. The molecule has 1 aliphatic heterocycles. The second-order valence-electron chi connectivity index (χ2n) is 6.12. The van der Waals surface area contributed by atoms with Crippen LogP contribution >= 0.6 is 11.6 Å². The lowest BCUT2D eigenvalue weighted by atomic mass is 9.83. The molecule has 0 atom stereocenters. The molecule has 21 heavy (non-hydrogen) atoms. The summed E-state index contributed by atoms with van der Waals surface area (Å²) in [7, 11) is 0. The summed E-state index contributed by atoms with van der Waals surface area (Å²) in [5, 5.41) is 12.0. The Morgan fingerprint density at radius 2 is 1.86 bits per heavy atom. The van der Waals surface area contributed by atoms with Crippen LogP contribution in [-0.4, -0.2) is 35.1 Å². The quantitative estimate of drug-likeness (QED) is 0.875. The first-order valence-corrected chi connectivity index (χ1v) is 7.24. The maximum absolute atomic E-state index is 12.2. The van der Waals surface area contributed by atoms with Crippen molar-refractivity contribution < 1.29 is 14.7 Å². The van der Waals surface area contributed by atoms with Crippen molar-refractivity contribution in [1.82, 2.24) is 4.90 Å². The van der Waals surface area contributed by atoms with Crippen LogP contribution in [0.1, 0.15) is 37.0 Å². The van der Waals surface area contributed by atoms with Crippen LogP contribution < -0.4 is 5.32 Å². The van der Waals surface area contributed by atoms with E-state index in [1.54, 1.807) is 11.0 Å². The van der Waals surface area contributed by atoms with E-state index in [-0.39, 0.29) is 22.0 Å². The van der Waals surface area contributed by atoms with Crippen LogP contribution in [0.4, 0.5) is 10.5 Å². The van der Waals surface area contributed by atoms with E-state index in [0.717, 1.165) is 12.8 Å². The number of carbonyl (C=O) groups is 2. The molecule has 0 bridgehead atoms. The average Bonchev–Trinajstić information content (AvgIpc) is 2.37. The number of hydrogen-bond donors (Lipinski definition) is 2. The fourth-order valence-electron chi connectivity index (χ4n) is 2.30. The molecule has 2 N–H and O–H groups in total. The van der Waals surface area contributed by atoms with Gasteiger partial charge in [0.25, 0.3) is 0 Å². The van der Waals surface area contributed by atoms with Gasteiger partial charge in [-0.3, -0.25) is 0 Å². The van der Waals surface area contributed by atoms with Crippen molar-refractivity contribution in [3.05, 3.63) is 28.8 Å². The smallest absolute Gasteiger partial charge is 0.335 e. The maximum Gasteiger partial charge on any atom is 0.335 e. The number of benzene rings is 1.